The molecular weight excluding hydrogens is 397 g/mol. The fourth-order valence-electron chi connectivity index (χ4n) is 2.75. The van der Waals surface area contributed by atoms with Crippen molar-refractivity contribution >= 4 is 30.1 Å². The van der Waals surface area contributed by atoms with Gasteiger partial charge in [0.1, 0.15) is 0 Å². The summed E-state index contributed by atoms with van der Waals surface area (Å²) in [4.78, 5) is 0. The number of rotatable bonds is 3. The summed E-state index contributed by atoms with van der Waals surface area (Å²) in [5.41, 5.74) is 0. The Morgan fingerprint density at radius 2 is 1.35 bits per heavy atom. The van der Waals surface area contributed by atoms with E-state index in [0.717, 1.165) is 0 Å². The Labute approximate surface area is 152 Å². The van der Waals surface area contributed by atoms with Gasteiger partial charge >= 0.3 is 11.8 Å². The number of halogens is 7. The third kappa shape index (κ3) is 2.84. The molecule has 0 aliphatic heterocycles. The molecule has 0 saturated heterocycles. The SMILES string of the molecule is FC1C=CC(F)(P(c2ccccc2)c2ccc(Cl)cc2)C(F)(F)C1(F)F. The topological polar surface area (TPSA) is 0 Å². The summed E-state index contributed by atoms with van der Waals surface area (Å²) in [6.45, 7) is 0. The van der Waals surface area contributed by atoms with Crippen LogP contribution in [0.2, 0.25) is 5.02 Å². The molecule has 1 aliphatic carbocycles. The first kappa shape index (κ1) is 19.2. The van der Waals surface area contributed by atoms with E-state index in [1.807, 2.05) is 0 Å². The summed E-state index contributed by atoms with van der Waals surface area (Å²) in [5, 5.41) is -3.30. The highest BCUT2D eigenvalue weighted by molar-refractivity contribution is 7.74. The van der Waals surface area contributed by atoms with Gasteiger partial charge in [0, 0.05) is 12.9 Å². The maximum Gasteiger partial charge on any atom is 0.354 e. The lowest BCUT2D eigenvalue weighted by Crippen LogP contribution is -2.62. The molecule has 0 amide bonds. The number of hydrogen-bond acceptors (Lipinski definition) is 0. The summed E-state index contributed by atoms with van der Waals surface area (Å²) < 4.78 is 86.0. The molecule has 2 aromatic rings. The van der Waals surface area contributed by atoms with Crippen LogP contribution in [0.25, 0.3) is 0 Å². The standard InChI is InChI=1S/C18H12ClF6P/c19-12-6-8-14(9-7-12)26(13-4-2-1-3-5-13)16(21)11-10-15(20)17(22,23)18(16,24)25/h1-11,15H. The predicted octanol–water partition coefficient (Wildman–Crippen LogP) is 5.62. The van der Waals surface area contributed by atoms with Gasteiger partial charge < -0.3 is 0 Å². The Hall–Kier alpha value is -1.52. The minimum atomic E-state index is -5.24. The third-order valence-electron chi connectivity index (χ3n) is 4.12. The molecule has 0 bridgehead atoms. The molecule has 0 N–H and O–H groups in total. The summed E-state index contributed by atoms with van der Waals surface area (Å²) >= 11 is 5.79. The second-order valence-electron chi connectivity index (χ2n) is 5.78. The Bertz CT molecular complexity index is 808. The zero-order valence-electron chi connectivity index (χ0n) is 13.0. The number of allylic oxidation sites excluding steroid dienone is 2. The van der Waals surface area contributed by atoms with Crippen LogP contribution in [0.15, 0.2) is 66.7 Å². The van der Waals surface area contributed by atoms with E-state index in [1.54, 1.807) is 6.07 Å². The second kappa shape index (κ2) is 6.58. The van der Waals surface area contributed by atoms with Crippen LogP contribution in [-0.4, -0.2) is 23.4 Å². The minimum absolute atomic E-state index is 0.0792. The minimum Gasteiger partial charge on any atom is -0.236 e. The average Bonchev–Trinajstić information content (AvgIpc) is 2.61. The monoisotopic (exact) mass is 408 g/mol. The van der Waals surface area contributed by atoms with Gasteiger partial charge in [-0.15, -0.1) is 0 Å². The van der Waals surface area contributed by atoms with Crippen molar-refractivity contribution in [1.82, 2.24) is 0 Å². The van der Waals surface area contributed by atoms with Gasteiger partial charge in [-0.1, -0.05) is 54.1 Å². The van der Waals surface area contributed by atoms with Crippen molar-refractivity contribution in [2.75, 3.05) is 0 Å². The normalized spacial score (nSPS) is 27.9. The van der Waals surface area contributed by atoms with Gasteiger partial charge in [0.15, 0.2) is 6.17 Å². The van der Waals surface area contributed by atoms with E-state index in [1.165, 1.54) is 48.5 Å². The van der Waals surface area contributed by atoms with Crippen LogP contribution < -0.4 is 10.6 Å². The first-order chi connectivity index (χ1) is 12.1. The van der Waals surface area contributed by atoms with Crippen LogP contribution in [0.5, 0.6) is 0 Å². The molecule has 0 nitrogen and oxygen atoms in total. The molecule has 138 valence electrons. The predicted molar refractivity (Wildman–Crippen MR) is 91.9 cm³/mol. The summed E-state index contributed by atoms with van der Waals surface area (Å²) in [7, 11) is -2.64. The molecule has 0 spiro atoms. The van der Waals surface area contributed by atoms with Gasteiger partial charge in [-0.2, -0.15) is 17.6 Å². The Morgan fingerprint density at radius 1 is 0.808 bits per heavy atom. The van der Waals surface area contributed by atoms with E-state index in [4.69, 9.17) is 11.6 Å². The second-order valence-corrected chi connectivity index (χ2v) is 8.57. The smallest absolute Gasteiger partial charge is 0.236 e. The molecule has 3 atom stereocenters. The highest BCUT2D eigenvalue weighted by atomic mass is 35.5. The first-order valence-corrected chi connectivity index (χ1v) is 9.22. The van der Waals surface area contributed by atoms with Crippen LogP contribution in [0.4, 0.5) is 26.3 Å². The number of hydrogen-bond donors (Lipinski definition) is 0. The van der Waals surface area contributed by atoms with E-state index in [2.05, 4.69) is 0 Å². The highest BCUT2D eigenvalue weighted by Gasteiger charge is 2.76. The number of alkyl halides is 6. The van der Waals surface area contributed by atoms with E-state index in [-0.39, 0.29) is 27.8 Å². The van der Waals surface area contributed by atoms with Gasteiger partial charge in [-0.05, 0) is 34.9 Å². The lowest BCUT2D eigenvalue weighted by molar-refractivity contribution is -0.263. The van der Waals surface area contributed by atoms with E-state index >= 15 is 4.39 Å². The Balaban J connectivity index is 2.24. The van der Waals surface area contributed by atoms with Crippen molar-refractivity contribution in [3.8, 4) is 0 Å². The third-order valence-corrected chi connectivity index (χ3v) is 7.08. The average molecular weight is 409 g/mol. The van der Waals surface area contributed by atoms with Gasteiger partial charge in [0.05, 0.1) is 0 Å². The van der Waals surface area contributed by atoms with Gasteiger partial charge in [-0.25, -0.2) is 8.78 Å². The van der Waals surface area contributed by atoms with E-state index < -0.39 is 31.3 Å². The largest absolute Gasteiger partial charge is 0.354 e. The van der Waals surface area contributed by atoms with Crippen LogP contribution in [-0.2, 0) is 0 Å². The van der Waals surface area contributed by atoms with Crippen molar-refractivity contribution in [3.05, 3.63) is 71.8 Å². The maximum atomic E-state index is 15.7. The number of benzene rings is 2. The highest BCUT2D eigenvalue weighted by Crippen LogP contribution is 2.64. The van der Waals surface area contributed by atoms with Crippen molar-refractivity contribution < 1.29 is 26.3 Å². The molecule has 2 aromatic carbocycles. The lowest BCUT2D eigenvalue weighted by Gasteiger charge is -2.44. The van der Waals surface area contributed by atoms with E-state index in [9.17, 15) is 22.0 Å². The molecule has 1 aliphatic rings. The lowest BCUT2D eigenvalue weighted by atomic mass is 9.95. The van der Waals surface area contributed by atoms with Crippen LogP contribution >= 0.6 is 19.5 Å². The fourth-order valence-corrected chi connectivity index (χ4v) is 5.51. The molecule has 0 fully saturated rings. The van der Waals surface area contributed by atoms with Gasteiger partial charge in [-0.3, -0.25) is 0 Å². The van der Waals surface area contributed by atoms with Gasteiger partial charge in [0.2, 0.25) is 5.41 Å². The molecule has 0 aromatic heterocycles. The van der Waals surface area contributed by atoms with Crippen LogP contribution in [0, 0.1) is 0 Å². The van der Waals surface area contributed by atoms with Crippen LogP contribution in [0.3, 0.4) is 0 Å². The maximum absolute atomic E-state index is 15.7. The first-order valence-electron chi connectivity index (χ1n) is 7.50. The fraction of sp³-hybridized carbons (Fsp3) is 0.222. The van der Waals surface area contributed by atoms with Crippen LogP contribution in [0.1, 0.15) is 0 Å². The molecule has 8 heteroatoms. The van der Waals surface area contributed by atoms with Crippen molar-refractivity contribution in [1.29, 1.82) is 0 Å². The van der Waals surface area contributed by atoms with Gasteiger partial charge in [0.25, 0.3) is 0 Å². The quantitative estimate of drug-likeness (QED) is 0.351. The molecule has 0 heterocycles. The summed E-state index contributed by atoms with van der Waals surface area (Å²) in [6.07, 6.45) is -2.85. The molecular formula is C18H12ClF6P. The van der Waals surface area contributed by atoms with Crippen molar-refractivity contribution in [3.63, 3.8) is 0 Å². The Kier molecular flexibility index (Phi) is 4.87. The van der Waals surface area contributed by atoms with Crippen molar-refractivity contribution in [2.24, 2.45) is 0 Å². The zero-order valence-corrected chi connectivity index (χ0v) is 14.7. The van der Waals surface area contributed by atoms with E-state index in [0.29, 0.717) is 0 Å². The molecule has 0 saturated carbocycles. The Morgan fingerprint density at radius 3 is 1.92 bits per heavy atom. The molecule has 0 radical (unpaired) electrons. The summed E-state index contributed by atoms with van der Waals surface area (Å²) in [6, 6.07) is 12.7. The molecule has 3 unspecified atom stereocenters. The zero-order chi connectivity index (χ0) is 19.2. The van der Waals surface area contributed by atoms with Crippen molar-refractivity contribution in [2.45, 2.75) is 23.4 Å². The summed E-state index contributed by atoms with van der Waals surface area (Å²) in [5.74, 6) is -10.4. The molecule has 3 rings (SSSR count). The molecule has 26 heavy (non-hydrogen) atoms.